The first-order valence-electron chi connectivity index (χ1n) is 9.61. The number of aryl methyl sites for hydroxylation is 1. The van der Waals surface area contributed by atoms with E-state index in [2.05, 4.69) is 5.32 Å². The van der Waals surface area contributed by atoms with Gasteiger partial charge in [0, 0.05) is 19.2 Å². The highest BCUT2D eigenvalue weighted by atomic mass is 32.2. The van der Waals surface area contributed by atoms with Gasteiger partial charge in [-0.25, -0.2) is 14.2 Å². The summed E-state index contributed by atoms with van der Waals surface area (Å²) in [5.41, 5.74) is -0.0389. The molecule has 3 aromatic rings. The number of aromatic nitrogens is 2. The Balaban J connectivity index is 2.15. The molecule has 0 aliphatic heterocycles. The van der Waals surface area contributed by atoms with E-state index in [0.29, 0.717) is 10.9 Å². The van der Waals surface area contributed by atoms with Crippen molar-refractivity contribution in [3.05, 3.63) is 81.0 Å². The first kappa shape index (κ1) is 22.4. The number of carboxylic acid groups (broad SMARTS) is 1. The lowest BCUT2D eigenvalue weighted by atomic mass is 10.0. The number of benzene rings is 2. The molecule has 0 spiro atoms. The predicted octanol–water partition coefficient (Wildman–Crippen LogP) is 1.42. The summed E-state index contributed by atoms with van der Waals surface area (Å²) in [5.74, 6) is -1.72. The molecule has 0 saturated carbocycles. The SMILES string of the molecule is CSCC(NC(=O)C(Cc1ccccc1)n1c(=O)c2ccccc2n(C)c1=O)C(=O)O. The number of hydrogen-bond acceptors (Lipinski definition) is 5. The minimum Gasteiger partial charge on any atom is -0.480 e. The normalized spacial score (nSPS) is 13.0. The third kappa shape index (κ3) is 4.72. The van der Waals surface area contributed by atoms with Gasteiger partial charge in [0.25, 0.3) is 5.56 Å². The van der Waals surface area contributed by atoms with Gasteiger partial charge in [0.15, 0.2) is 0 Å². The molecule has 0 aliphatic carbocycles. The van der Waals surface area contributed by atoms with Crippen molar-refractivity contribution in [2.75, 3.05) is 12.0 Å². The van der Waals surface area contributed by atoms with Crippen molar-refractivity contribution < 1.29 is 14.7 Å². The molecule has 0 bridgehead atoms. The van der Waals surface area contributed by atoms with Gasteiger partial charge in [-0.05, 0) is 24.0 Å². The van der Waals surface area contributed by atoms with Gasteiger partial charge in [-0.1, -0.05) is 42.5 Å². The molecule has 2 aromatic carbocycles. The standard InChI is InChI=1S/C22H23N3O5S/c1-24-17-11-7-6-10-15(17)20(27)25(22(24)30)18(12-14-8-4-3-5-9-14)19(26)23-16(13-31-2)21(28)29/h3-11,16,18H,12-13H2,1-2H3,(H,23,26)(H,28,29). The molecule has 1 aromatic heterocycles. The zero-order chi connectivity index (χ0) is 22.5. The van der Waals surface area contributed by atoms with Crippen LogP contribution in [0.5, 0.6) is 0 Å². The number of carboxylic acids is 1. The summed E-state index contributed by atoms with van der Waals surface area (Å²) in [7, 11) is 1.53. The van der Waals surface area contributed by atoms with Crippen molar-refractivity contribution in [1.29, 1.82) is 0 Å². The fourth-order valence-corrected chi connectivity index (χ4v) is 4.01. The van der Waals surface area contributed by atoms with Gasteiger partial charge in [0.1, 0.15) is 12.1 Å². The Morgan fingerprint density at radius 1 is 1.06 bits per heavy atom. The molecule has 2 N–H and O–H groups in total. The highest BCUT2D eigenvalue weighted by Crippen LogP contribution is 2.15. The number of fused-ring (bicyclic) bond motifs is 1. The molecule has 1 amide bonds. The van der Waals surface area contributed by atoms with Gasteiger partial charge >= 0.3 is 11.7 Å². The lowest BCUT2D eigenvalue weighted by Gasteiger charge is -2.22. The number of aliphatic carboxylic acids is 1. The molecule has 1 heterocycles. The van der Waals surface area contributed by atoms with E-state index >= 15 is 0 Å². The molecule has 2 unspecified atom stereocenters. The highest BCUT2D eigenvalue weighted by Gasteiger charge is 2.29. The van der Waals surface area contributed by atoms with E-state index in [0.717, 1.165) is 10.1 Å². The first-order valence-corrected chi connectivity index (χ1v) is 11.0. The topological polar surface area (TPSA) is 110 Å². The van der Waals surface area contributed by atoms with Gasteiger partial charge in [-0.2, -0.15) is 11.8 Å². The molecule has 2 atom stereocenters. The van der Waals surface area contributed by atoms with Gasteiger partial charge in [-0.15, -0.1) is 0 Å². The van der Waals surface area contributed by atoms with E-state index < -0.39 is 35.2 Å². The molecule has 0 fully saturated rings. The van der Waals surface area contributed by atoms with Gasteiger partial charge < -0.3 is 10.4 Å². The predicted molar refractivity (Wildman–Crippen MR) is 121 cm³/mol. The Morgan fingerprint density at radius 3 is 2.35 bits per heavy atom. The molecule has 0 saturated heterocycles. The van der Waals surface area contributed by atoms with Crippen molar-refractivity contribution in [3.63, 3.8) is 0 Å². The number of carbonyl (C=O) groups is 2. The number of carbonyl (C=O) groups excluding carboxylic acids is 1. The zero-order valence-corrected chi connectivity index (χ0v) is 18.0. The van der Waals surface area contributed by atoms with Crippen LogP contribution in [0.15, 0.2) is 64.2 Å². The smallest absolute Gasteiger partial charge is 0.331 e. The number of amides is 1. The van der Waals surface area contributed by atoms with Crippen LogP contribution in [0.25, 0.3) is 10.9 Å². The van der Waals surface area contributed by atoms with Crippen LogP contribution in [0.3, 0.4) is 0 Å². The fourth-order valence-electron chi connectivity index (χ4n) is 3.45. The molecule has 3 rings (SSSR count). The first-order chi connectivity index (χ1) is 14.8. The maximum atomic E-state index is 13.2. The van der Waals surface area contributed by atoms with Gasteiger partial charge in [-0.3, -0.25) is 14.2 Å². The van der Waals surface area contributed by atoms with Crippen LogP contribution in [-0.4, -0.2) is 44.2 Å². The lowest BCUT2D eigenvalue weighted by Crippen LogP contribution is -2.51. The van der Waals surface area contributed by atoms with E-state index in [1.54, 1.807) is 54.8 Å². The summed E-state index contributed by atoms with van der Waals surface area (Å²) in [6.45, 7) is 0. The monoisotopic (exact) mass is 441 g/mol. The Labute approximate surface area is 182 Å². The minimum atomic E-state index is -1.21. The number of para-hydroxylation sites is 1. The quantitative estimate of drug-likeness (QED) is 0.547. The zero-order valence-electron chi connectivity index (χ0n) is 17.1. The van der Waals surface area contributed by atoms with E-state index in [-0.39, 0.29) is 12.2 Å². The van der Waals surface area contributed by atoms with Crippen LogP contribution in [0.1, 0.15) is 11.6 Å². The summed E-state index contributed by atoms with van der Waals surface area (Å²) in [6, 6.07) is 13.3. The summed E-state index contributed by atoms with van der Waals surface area (Å²) in [6.07, 6.45) is 1.79. The molecule has 0 aliphatic rings. The van der Waals surface area contributed by atoms with E-state index in [4.69, 9.17) is 0 Å². The largest absolute Gasteiger partial charge is 0.480 e. The fraction of sp³-hybridized carbons (Fsp3) is 0.273. The number of thioether (sulfide) groups is 1. The Kier molecular flexibility index (Phi) is 6.96. The highest BCUT2D eigenvalue weighted by molar-refractivity contribution is 7.98. The summed E-state index contributed by atoms with van der Waals surface area (Å²) in [5, 5.41) is 12.2. The van der Waals surface area contributed by atoms with Crippen LogP contribution in [0.4, 0.5) is 0 Å². The molecule has 8 nitrogen and oxygen atoms in total. The van der Waals surface area contributed by atoms with Crippen LogP contribution in [-0.2, 0) is 23.1 Å². The van der Waals surface area contributed by atoms with Crippen molar-refractivity contribution in [1.82, 2.24) is 14.5 Å². The number of rotatable bonds is 8. The molecular formula is C22H23N3O5S. The van der Waals surface area contributed by atoms with Crippen LogP contribution >= 0.6 is 11.8 Å². The summed E-state index contributed by atoms with van der Waals surface area (Å²) < 4.78 is 2.24. The van der Waals surface area contributed by atoms with Crippen molar-refractivity contribution >= 4 is 34.5 Å². The van der Waals surface area contributed by atoms with Crippen molar-refractivity contribution in [3.8, 4) is 0 Å². The summed E-state index contributed by atoms with van der Waals surface area (Å²) >= 11 is 1.27. The second-order valence-corrected chi connectivity index (χ2v) is 8.00. The third-order valence-corrected chi connectivity index (χ3v) is 5.71. The minimum absolute atomic E-state index is 0.0613. The maximum absolute atomic E-state index is 13.2. The number of nitrogens with zero attached hydrogens (tertiary/aromatic N) is 2. The molecule has 31 heavy (non-hydrogen) atoms. The number of hydrogen-bond donors (Lipinski definition) is 2. The molecule has 0 radical (unpaired) electrons. The molecule has 9 heteroatoms. The van der Waals surface area contributed by atoms with Crippen molar-refractivity contribution in [2.24, 2.45) is 7.05 Å². The van der Waals surface area contributed by atoms with Crippen LogP contribution in [0.2, 0.25) is 0 Å². The van der Waals surface area contributed by atoms with Gasteiger partial charge in [0.2, 0.25) is 5.91 Å². The van der Waals surface area contributed by atoms with Crippen molar-refractivity contribution in [2.45, 2.75) is 18.5 Å². The average Bonchev–Trinajstić information content (AvgIpc) is 2.77. The van der Waals surface area contributed by atoms with E-state index in [9.17, 15) is 24.3 Å². The number of nitrogens with one attached hydrogen (secondary N) is 1. The summed E-state index contributed by atoms with van der Waals surface area (Å²) in [4.78, 5) is 51.1. The third-order valence-electron chi connectivity index (χ3n) is 5.04. The molecule has 162 valence electrons. The Bertz CT molecular complexity index is 1220. The van der Waals surface area contributed by atoms with Crippen LogP contribution < -0.4 is 16.6 Å². The maximum Gasteiger partial charge on any atom is 0.331 e. The lowest BCUT2D eigenvalue weighted by molar-refractivity contribution is -0.141. The second-order valence-electron chi connectivity index (χ2n) is 7.09. The second kappa shape index (κ2) is 9.65. The Hall–Kier alpha value is -3.33. The Morgan fingerprint density at radius 2 is 1.71 bits per heavy atom. The van der Waals surface area contributed by atoms with E-state index in [1.165, 1.54) is 23.4 Å². The van der Waals surface area contributed by atoms with E-state index in [1.807, 2.05) is 6.07 Å². The van der Waals surface area contributed by atoms with Crippen LogP contribution in [0, 0.1) is 0 Å². The molecular weight excluding hydrogens is 418 g/mol. The van der Waals surface area contributed by atoms with Gasteiger partial charge in [0.05, 0.1) is 10.9 Å². The average molecular weight is 442 g/mol.